The van der Waals surface area contributed by atoms with Crippen molar-refractivity contribution in [1.29, 1.82) is 0 Å². The summed E-state index contributed by atoms with van der Waals surface area (Å²) < 4.78 is 0. The van der Waals surface area contributed by atoms with Crippen molar-refractivity contribution < 1.29 is 15.0 Å². The number of carboxylic acids is 1. The minimum Gasteiger partial charge on any atom is -0.481 e. The van der Waals surface area contributed by atoms with Gasteiger partial charge in [0.05, 0.1) is 20.1 Å². The number of aliphatic hydroxyl groups is 1. The van der Waals surface area contributed by atoms with Gasteiger partial charge in [-0.25, -0.2) is 0 Å². The highest BCUT2D eigenvalue weighted by molar-refractivity contribution is 6.91. The van der Waals surface area contributed by atoms with Crippen LogP contribution in [0.5, 0.6) is 0 Å². The largest absolute Gasteiger partial charge is 0.481 e. The number of aliphatic hydroxyl groups excluding tert-OH is 1. The van der Waals surface area contributed by atoms with Crippen molar-refractivity contribution in [3.05, 3.63) is 30.3 Å². The zero-order valence-electron chi connectivity index (χ0n) is 13.0. The van der Waals surface area contributed by atoms with Crippen LogP contribution in [0.25, 0.3) is 0 Å². The highest BCUT2D eigenvalue weighted by Crippen LogP contribution is 2.34. The van der Waals surface area contributed by atoms with Crippen molar-refractivity contribution in [1.82, 2.24) is 0 Å². The first-order valence-electron chi connectivity index (χ1n) is 7.16. The van der Waals surface area contributed by atoms with Crippen molar-refractivity contribution in [3.63, 3.8) is 0 Å². The first-order chi connectivity index (χ1) is 9.19. The molecule has 1 rings (SSSR count). The van der Waals surface area contributed by atoms with Crippen molar-refractivity contribution in [3.8, 4) is 0 Å². The molecule has 3 atom stereocenters. The van der Waals surface area contributed by atoms with Crippen molar-refractivity contribution in [2.45, 2.75) is 45.5 Å². The summed E-state index contributed by atoms with van der Waals surface area (Å²) in [6.45, 7) is 10.1. The lowest BCUT2D eigenvalue weighted by atomic mass is 9.91. The zero-order chi connectivity index (χ0) is 15.5. The molecule has 0 spiro atoms. The van der Waals surface area contributed by atoms with Gasteiger partial charge in [-0.3, -0.25) is 4.79 Å². The van der Waals surface area contributed by atoms with Crippen LogP contribution in [-0.2, 0) is 4.79 Å². The Morgan fingerprint density at radius 3 is 2.00 bits per heavy atom. The molecule has 0 aliphatic carbocycles. The summed E-state index contributed by atoms with van der Waals surface area (Å²) in [4.78, 5) is 11.6. The van der Waals surface area contributed by atoms with Gasteiger partial charge in [0.1, 0.15) is 0 Å². The number of carboxylic acid groups (broad SMARTS) is 1. The lowest BCUT2D eigenvalue weighted by molar-refractivity contribution is -0.147. The van der Waals surface area contributed by atoms with E-state index in [2.05, 4.69) is 25.2 Å². The maximum Gasteiger partial charge on any atom is 0.309 e. The van der Waals surface area contributed by atoms with Crippen LogP contribution in [0.2, 0.25) is 18.6 Å². The molecule has 1 aromatic carbocycles. The third kappa shape index (κ3) is 3.49. The van der Waals surface area contributed by atoms with Gasteiger partial charge in [-0.2, -0.15) is 0 Å². The first kappa shape index (κ1) is 16.9. The molecule has 0 saturated heterocycles. The van der Waals surface area contributed by atoms with Crippen LogP contribution in [0, 0.1) is 11.8 Å². The highest BCUT2D eigenvalue weighted by Gasteiger charge is 2.43. The van der Waals surface area contributed by atoms with Gasteiger partial charge in [-0.05, 0) is 11.5 Å². The van der Waals surface area contributed by atoms with Crippen LogP contribution in [0.15, 0.2) is 30.3 Å². The SMILES string of the molecule is CC(C)[C@@H](O)[C@@H](C(=O)O)[C@@H](C)[Si](C)(C)c1ccccc1. The molecule has 3 nitrogen and oxygen atoms in total. The molecule has 0 aliphatic rings. The van der Waals surface area contributed by atoms with E-state index in [4.69, 9.17) is 0 Å². The summed E-state index contributed by atoms with van der Waals surface area (Å²) in [5.74, 6) is -1.66. The maximum absolute atomic E-state index is 11.6. The molecule has 0 saturated carbocycles. The summed E-state index contributed by atoms with van der Waals surface area (Å²) in [5, 5.41) is 21.0. The average molecular weight is 294 g/mol. The topological polar surface area (TPSA) is 57.5 Å². The van der Waals surface area contributed by atoms with E-state index < -0.39 is 26.1 Å². The minimum absolute atomic E-state index is 0.0419. The predicted octanol–water partition coefficient (Wildman–Crippen LogP) is 2.71. The van der Waals surface area contributed by atoms with E-state index in [1.165, 1.54) is 5.19 Å². The van der Waals surface area contributed by atoms with Crippen molar-refractivity contribution in [2.75, 3.05) is 0 Å². The van der Waals surface area contributed by atoms with Crippen LogP contribution in [0.3, 0.4) is 0 Å². The smallest absolute Gasteiger partial charge is 0.309 e. The Hall–Kier alpha value is -1.13. The molecule has 2 N–H and O–H groups in total. The Morgan fingerprint density at radius 1 is 1.10 bits per heavy atom. The Morgan fingerprint density at radius 2 is 1.60 bits per heavy atom. The molecule has 0 bridgehead atoms. The van der Waals surface area contributed by atoms with Gasteiger partial charge in [0.15, 0.2) is 0 Å². The number of hydrogen-bond donors (Lipinski definition) is 2. The molecular formula is C16H26O3Si. The molecule has 1 aromatic rings. The fraction of sp³-hybridized carbons (Fsp3) is 0.562. The van der Waals surface area contributed by atoms with Gasteiger partial charge in [-0.15, -0.1) is 0 Å². The lowest BCUT2D eigenvalue weighted by Crippen LogP contribution is -2.51. The van der Waals surface area contributed by atoms with Gasteiger partial charge in [0.25, 0.3) is 0 Å². The summed E-state index contributed by atoms with van der Waals surface area (Å²) in [6.07, 6.45) is -0.807. The molecule has 0 amide bonds. The zero-order valence-corrected chi connectivity index (χ0v) is 14.0. The van der Waals surface area contributed by atoms with Crippen LogP contribution >= 0.6 is 0 Å². The van der Waals surface area contributed by atoms with Gasteiger partial charge in [0.2, 0.25) is 0 Å². The molecule has 0 fully saturated rings. The second kappa shape index (κ2) is 6.55. The predicted molar refractivity (Wildman–Crippen MR) is 85.0 cm³/mol. The molecule has 112 valence electrons. The molecule has 0 aromatic heterocycles. The second-order valence-corrected chi connectivity index (χ2v) is 11.4. The fourth-order valence-electron chi connectivity index (χ4n) is 2.65. The lowest BCUT2D eigenvalue weighted by Gasteiger charge is -2.37. The number of benzene rings is 1. The van der Waals surface area contributed by atoms with E-state index in [0.717, 1.165) is 0 Å². The summed E-state index contributed by atoms with van der Waals surface area (Å²) in [6, 6.07) is 10.1. The number of carbonyl (C=O) groups is 1. The third-order valence-corrected chi connectivity index (χ3v) is 8.99. The van der Waals surface area contributed by atoms with E-state index >= 15 is 0 Å². The normalized spacial score (nSPS) is 16.8. The summed E-state index contributed by atoms with van der Waals surface area (Å²) >= 11 is 0. The van der Waals surface area contributed by atoms with Crippen LogP contribution in [0.4, 0.5) is 0 Å². The van der Waals surface area contributed by atoms with Gasteiger partial charge in [-0.1, -0.05) is 69.4 Å². The highest BCUT2D eigenvalue weighted by atomic mass is 28.3. The Bertz CT molecular complexity index is 442. The van der Waals surface area contributed by atoms with Crippen molar-refractivity contribution >= 4 is 19.2 Å². The number of hydrogen-bond acceptors (Lipinski definition) is 2. The van der Waals surface area contributed by atoms with E-state index in [-0.39, 0.29) is 11.5 Å². The quantitative estimate of drug-likeness (QED) is 0.793. The van der Waals surface area contributed by atoms with E-state index in [9.17, 15) is 15.0 Å². The van der Waals surface area contributed by atoms with Crippen LogP contribution in [-0.4, -0.2) is 30.4 Å². The third-order valence-electron chi connectivity index (χ3n) is 4.53. The molecule has 4 heteroatoms. The Labute approximate surface area is 122 Å². The maximum atomic E-state index is 11.6. The monoisotopic (exact) mass is 294 g/mol. The minimum atomic E-state index is -1.96. The van der Waals surface area contributed by atoms with E-state index in [1.807, 2.05) is 39.0 Å². The fourth-order valence-corrected chi connectivity index (χ4v) is 5.46. The molecule has 0 aliphatic heterocycles. The molecule has 0 unspecified atom stereocenters. The number of aliphatic carboxylic acids is 1. The average Bonchev–Trinajstić information content (AvgIpc) is 2.39. The molecule has 0 radical (unpaired) electrons. The summed E-state index contributed by atoms with van der Waals surface area (Å²) in [5.41, 5.74) is -0.0419. The second-order valence-electron chi connectivity index (χ2n) is 6.48. The van der Waals surface area contributed by atoms with Crippen molar-refractivity contribution in [2.24, 2.45) is 11.8 Å². The van der Waals surface area contributed by atoms with Gasteiger partial charge in [0, 0.05) is 0 Å². The molecule has 0 heterocycles. The Kier molecular flexibility index (Phi) is 5.54. The van der Waals surface area contributed by atoms with E-state index in [0.29, 0.717) is 0 Å². The molecule has 20 heavy (non-hydrogen) atoms. The van der Waals surface area contributed by atoms with Crippen LogP contribution < -0.4 is 5.19 Å². The number of rotatable bonds is 6. The van der Waals surface area contributed by atoms with Crippen LogP contribution in [0.1, 0.15) is 20.8 Å². The van der Waals surface area contributed by atoms with Gasteiger partial charge >= 0.3 is 5.97 Å². The molecular weight excluding hydrogens is 268 g/mol. The first-order valence-corrected chi connectivity index (χ1v) is 10.2. The van der Waals surface area contributed by atoms with Gasteiger partial charge < -0.3 is 10.2 Å². The summed E-state index contributed by atoms with van der Waals surface area (Å²) in [7, 11) is -1.96. The Balaban J connectivity index is 3.12. The van der Waals surface area contributed by atoms with E-state index in [1.54, 1.807) is 0 Å². The standard InChI is InChI=1S/C16H26O3Si/c1-11(2)15(17)14(16(18)19)12(3)20(4,5)13-9-7-6-8-10-13/h6-12,14-15,17H,1-5H3,(H,18,19)/t12-,14+,15-/m1/s1.